The maximum absolute atomic E-state index is 11.9. The molecule has 0 spiro atoms. The highest BCUT2D eigenvalue weighted by Gasteiger charge is 2.22. The first-order valence-electron chi connectivity index (χ1n) is 9.64. The van der Waals surface area contributed by atoms with Crippen molar-refractivity contribution in [2.75, 3.05) is 13.2 Å². The number of ether oxygens (including phenoxy) is 2. The molecule has 0 aliphatic carbocycles. The summed E-state index contributed by atoms with van der Waals surface area (Å²) in [4.78, 5) is 12.5. The van der Waals surface area contributed by atoms with E-state index in [4.69, 9.17) is 21.7 Å². The monoisotopic (exact) mass is 427 g/mol. The Labute approximate surface area is 181 Å². The number of hydrogen-bond acceptors (Lipinski definition) is 5. The van der Waals surface area contributed by atoms with Gasteiger partial charge in [0.05, 0.1) is 18.1 Å². The van der Waals surface area contributed by atoms with Crippen LogP contribution in [0.3, 0.4) is 0 Å². The first kappa shape index (κ1) is 21.4. The fourth-order valence-corrected chi connectivity index (χ4v) is 4.00. The SMILES string of the molecule is Cc1ccc(C(C)C)c(OCCCOc2ccccc2/C=C2\SC(=S)NC2=O)c1. The molecule has 29 heavy (non-hydrogen) atoms. The Kier molecular flexibility index (Phi) is 7.34. The number of rotatable bonds is 8. The van der Waals surface area contributed by atoms with Gasteiger partial charge in [-0.05, 0) is 42.2 Å². The van der Waals surface area contributed by atoms with E-state index < -0.39 is 0 Å². The largest absolute Gasteiger partial charge is 0.493 e. The third-order valence-corrected chi connectivity index (χ3v) is 5.61. The first-order chi connectivity index (χ1) is 13.9. The van der Waals surface area contributed by atoms with Crippen molar-refractivity contribution in [3.8, 4) is 11.5 Å². The van der Waals surface area contributed by atoms with Gasteiger partial charge >= 0.3 is 0 Å². The number of benzene rings is 2. The second-order valence-corrected chi connectivity index (χ2v) is 8.86. The number of aryl methyl sites for hydroxylation is 1. The topological polar surface area (TPSA) is 47.6 Å². The fourth-order valence-electron chi connectivity index (χ4n) is 2.96. The van der Waals surface area contributed by atoms with Gasteiger partial charge in [-0.1, -0.05) is 68.2 Å². The van der Waals surface area contributed by atoms with E-state index >= 15 is 0 Å². The van der Waals surface area contributed by atoms with Crippen molar-refractivity contribution in [2.45, 2.75) is 33.1 Å². The van der Waals surface area contributed by atoms with E-state index in [1.807, 2.05) is 30.3 Å². The quantitative estimate of drug-likeness (QED) is 0.345. The van der Waals surface area contributed by atoms with Gasteiger partial charge in [0, 0.05) is 12.0 Å². The van der Waals surface area contributed by atoms with Gasteiger partial charge in [0.25, 0.3) is 5.91 Å². The van der Waals surface area contributed by atoms with Gasteiger partial charge in [-0.2, -0.15) is 0 Å². The molecule has 0 atom stereocenters. The molecule has 4 nitrogen and oxygen atoms in total. The van der Waals surface area contributed by atoms with Crippen LogP contribution in [-0.4, -0.2) is 23.4 Å². The van der Waals surface area contributed by atoms with E-state index in [1.165, 1.54) is 22.9 Å². The third kappa shape index (κ3) is 5.84. The molecular formula is C23H25NO3S2. The lowest BCUT2D eigenvalue weighted by Crippen LogP contribution is -2.17. The van der Waals surface area contributed by atoms with Crippen LogP contribution in [-0.2, 0) is 4.79 Å². The second kappa shape index (κ2) is 9.94. The van der Waals surface area contributed by atoms with E-state index in [0.29, 0.717) is 28.4 Å². The third-order valence-electron chi connectivity index (χ3n) is 4.44. The molecule has 1 aliphatic heterocycles. The maximum atomic E-state index is 11.9. The highest BCUT2D eigenvalue weighted by molar-refractivity contribution is 8.26. The standard InChI is InChI=1S/C23H25NO3S2/c1-15(2)18-10-9-16(3)13-20(18)27-12-6-11-26-19-8-5-4-7-17(19)14-21-22(25)24-23(28)29-21/h4-5,7-10,13-15H,6,11-12H2,1-3H3,(H,24,25,28)/b21-14-. The van der Waals surface area contributed by atoms with Crippen LogP contribution in [0.25, 0.3) is 6.08 Å². The lowest BCUT2D eigenvalue weighted by molar-refractivity contribution is -0.115. The molecule has 0 unspecified atom stereocenters. The Bertz CT molecular complexity index is 937. The molecule has 2 aromatic rings. The molecule has 6 heteroatoms. The summed E-state index contributed by atoms with van der Waals surface area (Å²) in [5.74, 6) is 1.94. The molecule has 0 bridgehead atoms. The van der Waals surface area contributed by atoms with Crippen LogP contribution in [0.4, 0.5) is 0 Å². The summed E-state index contributed by atoms with van der Waals surface area (Å²) >= 11 is 6.31. The van der Waals surface area contributed by atoms with Crippen molar-refractivity contribution in [1.82, 2.24) is 5.32 Å². The van der Waals surface area contributed by atoms with Crippen molar-refractivity contribution < 1.29 is 14.3 Å². The molecule has 1 aliphatic rings. The predicted molar refractivity (Wildman–Crippen MR) is 124 cm³/mol. The van der Waals surface area contributed by atoms with Crippen LogP contribution in [0, 0.1) is 6.92 Å². The van der Waals surface area contributed by atoms with Crippen LogP contribution in [0.1, 0.15) is 42.9 Å². The Hall–Kier alpha value is -2.31. The molecule has 1 amide bonds. The lowest BCUT2D eigenvalue weighted by atomic mass is 10.0. The first-order valence-corrected chi connectivity index (χ1v) is 10.9. The van der Waals surface area contributed by atoms with Gasteiger partial charge in [-0.3, -0.25) is 4.79 Å². The summed E-state index contributed by atoms with van der Waals surface area (Å²) in [5, 5.41) is 2.63. The highest BCUT2D eigenvalue weighted by Crippen LogP contribution is 2.30. The smallest absolute Gasteiger partial charge is 0.263 e. The summed E-state index contributed by atoms with van der Waals surface area (Å²) < 4.78 is 12.4. The van der Waals surface area contributed by atoms with Crippen molar-refractivity contribution in [1.29, 1.82) is 0 Å². The number of thioether (sulfide) groups is 1. The summed E-state index contributed by atoms with van der Waals surface area (Å²) in [7, 11) is 0. The number of hydrogen-bond donors (Lipinski definition) is 1. The Morgan fingerprint density at radius 3 is 2.52 bits per heavy atom. The zero-order valence-electron chi connectivity index (χ0n) is 16.9. The van der Waals surface area contributed by atoms with Crippen LogP contribution in [0.5, 0.6) is 11.5 Å². The van der Waals surface area contributed by atoms with Crippen LogP contribution in [0.2, 0.25) is 0 Å². The van der Waals surface area contributed by atoms with E-state index in [1.54, 1.807) is 0 Å². The molecule has 1 heterocycles. The highest BCUT2D eigenvalue weighted by atomic mass is 32.2. The van der Waals surface area contributed by atoms with E-state index in [0.717, 1.165) is 23.5 Å². The molecule has 3 rings (SSSR count). The van der Waals surface area contributed by atoms with Gasteiger partial charge in [0.2, 0.25) is 0 Å². The van der Waals surface area contributed by atoms with E-state index in [9.17, 15) is 4.79 Å². The number of carbonyl (C=O) groups excluding carboxylic acids is 1. The minimum Gasteiger partial charge on any atom is -0.493 e. The molecule has 0 saturated carbocycles. The fraction of sp³-hybridized carbons (Fsp3) is 0.304. The Balaban J connectivity index is 1.56. The van der Waals surface area contributed by atoms with Crippen molar-refractivity contribution in [2.24, 2.45) is 0 Å². The summed E-state index contributed by atoms with van der Waals surface area (Å²) in [5.41, 5.74) is 3.27. The van der Waals surface area contributed by atoms with Crippen LogP contribution >= 0.6 is 24.0 Å². The minimum absolute atomic E-state index is 0.165. The number of thiocarbonyl (C=S) groups is 1. The molecule has 0 radical (unpaired) electrons. The second-order valence-electron chi connectivity index (χ2n) is 7.14. The summed E-state index contributed by atoms with van der Waals surface area (Å²) in [6.45, 7) is 7.52. The van der Waals surface area contributed by atoms with Gasteiger partial charge in [-0.25, -0.2) is 0 Å². The average Bonchev–Trinajstić information content (AvgIpc) is 2.99. The van der Waals surface area contributed by atoms with E-state index in [2.05, 4.69) is 44.3 Å². The molecule has 152 valence electrons. The van der Waals surface area contributed by atoms with Crippen molar-refractivity contribution in [3.63, 3.8) is 0 Å². The number of amides is 1. The lowest BCUT2D eigenvalue weighted by Gasteiger charge is -2.15. The van der Waals surface area contributed by atoms with Crippen molar-refractivity contribution >= 4 is 40.3 Å². The zero-order chi connectivity index (χ0) is 20.8. The maximum Gasteiger partial charge on any atom is 0.263 e. The molecule has 1 saturated heterocycles. The van der Waals surface area contributed by atoms with Crippen LogP contribution in [0.15, 0.2) is 47.4 Å². The number of carbonyl (C=O) groups is 1. The predicted octanol–water partition coefficient (Wildman–Crippen LogP) is 5.46. The van der Waals surface area contributed by atoms with Crippen molar-refractivity contribution in [3.05, 3.63) is 64.1 Å². The van der Waals surface area contributed by atoms with Gasteiger partial charge < -0.3 is 14.8 Å². The number of para-hydroxylation sites is 1. The normalized spacial score (nSPS) is 15.1. The summed E-state index contributed by atoms with van der Waals surface area (Å²) in [6, 6.07) is 14.0. The Morgan fingerprint density at radius 1 is 1.10 bits per heavy atom. The van der Waals surface area contributed by atoms with Gasteiger partial charge in [-0.15, -0.1) is 0 Å². The average molecular weight is 428 g/mol. The number of nitrogens with one attached hydrogen (secondary N) is 1. The molecule has 0 aromatic heterocycles. The molecule has 1 fully saturated rings. The summed E-state index contributed by atoms with van der Waals surface area (Å²) in [6.07, 6.45) is 2.57. The van der Waals surface area contributed by atoms with Gasteiger partial charge in [0.15, 0.2) is 0 Å². The van der Waals surface area contributed by atoms with Crippen LogP contribution < -0.4 is 14.8 Å². The molecule has 1 N–H and O–H groups in total. The van der Waals surface area contributed by atoms with Gasteiger partial charge in [0.1, 0.15) is 15.8 Å². The van der Waals surface area contributed by atoms with E-state index in [-0.39, 0.29) is 5.91 Å². The zero-order valence-corrected chi connectivity index (χ0v) is 18.5. The molecule has 2 aromatic carbocycles. The minimum atomic E-state index is -0.165. The Morgan fingerprint density at radius 2 is 1.83 bits per heavy atom. The molecular weight excluding hydrogens is 402 g/mol.